The van der Waals surface area contributed by atoms with E-state index in [0.717, 1.165) is 23.9 Å². The number of aliphatic carboxylic acids is 2. The smallest absolute Gasteiger partial charge is 0.317 e. The summed E-state index contributed by atoms with van der Waals surface area (Å²) in [5.74, 6) is -1.65. The van der Waals surface area contributed by atoms with E-state index in [4.69, 9.17) is 10.2 Å². The SMILES string of the molecule is CN(C)CCN(CCCN(CCI)CC(=O)O)CC(=O)O. The van der Waals surface area contributed by atoms with Gasteiger partial charge in [0.2, 0.25) is 0 Å². The molecule has 0 spiro atoms. The molecule has 0 bridgehead atoms. The average molecular weight is 415 g/mol. The Balaban J connectivity index is 4.17. The minimum absolute atomic E-state index is 0.0268. The highest BCUT2D eigenvalue weighted by atomic mass is 127. The summed E-state index contributed by atoms with van der Waals surface area (Å²) in [7, 11) is 3.90. The van der Waals surface area contributed by atoms with Crippen LogP contribution in [0.3, 0.4) is 0 Å². The number of carbonyl (C=O) groups is 2. The summed E-state index contributed by atoms with van der Waals surface area (Å²) in [5.41, 5.74) is 0. The molecule has 0 aliphatic heterocycles. The molecule has 0 atom stereocenters. The van der Waals surface area contributed by atoms with Gasteiger partial charge in [-0.2, -0.15) is 0 Å². The van der Waals surface area contributed by atoms with Gasteiger partial charge in [-0.3, -0.25) is 19.4 Å². The summed E-state index contributed by atoms with van der Waals surface area (Å²) in [4.78, 5) is 27.4. The van der Waals surface area contributed by atoms with Crippen molar-refractivity contribution in [2.24, 2.45) is 0 Å². The number of rotatable bonds is 13. The van der Waals surface area contributed by atoms with Gasteiger partial charge >= 0.3 is 11.9 Å². The molecule has 0 aromatic carbocycles. The quantitative estimate of drug-likeness (QED) is 0.327. The molecule has 0 rings (SSSR count). The first-order valence-corrected chi connectivity index (χ1v) is 8.46. The van der Waals surface area contributed by atoms with Gasteiger partial charge in [-0.05, 0) is 27.1 Å². The molecule has 0 fully saturated rings. The molecule has 0 saturated heterocycles. The maximum absolute atomic E-state index is 10.9. The van der Waals surface area contributed by atoms with Crippen molar-refractivity contribution in [3.05, 3.63) is 0 Å². The molecule has 0 aromatic rings. The number of halogens is 1. The molecule has 0 saturated carbocycles. The van der Waals surface area contributed by atoms with E-state index in [0.29, 0.717) is 19.6 Å². The molecule has 124 valence electrons. The summed E-state index contributed by atoms with van der Waals surface area (Å²) < 4.78 is 0.879. The average Bonchev–Trinajstić information content (AvgIpc) is 2.34. The first-order valence-electron chi connectivity index (χ1n) is 6.94. The van der Waals surface area contributed by atoms with E-state index in [1.807, 2.05) is 28.8 Å². The summed E-state index contributed by atoms with van der Waals surface area (Å²) in [6.45, 7) is 3.65. The summed E-state index contributed by atoms with van der Waals surface area (Å²) in [5, 5.41) is 17.8. The van der Waals surface area contributed by atoms with Crippen molar-refractivity contribution in [3.8, 4) is 0 Å². The molecule has 8 heteroatoms. The van der Waals surface area contributed by atoms with Crippen molar-refractivity contribution in [2.45, 2.75) is 6.42 Å². The van der Waals surface area contributed by atoms with Crippen molar-refractivity contribution >= 4 is 34.5 Å². The van der Waals surface area contributed by atoms with E-state index >= 15 is 0 Å². The van der Waals surface area contributed by atoms with Gasteiger partial charge in [-0.25, -0.2) is 0 Å². The number of hydrogen-bond acceptors (Lipinski definition) is 5. The highest BCUT2D eigenvalue weighted by molar-refractivity contribution is 14.1. The molecule has 0 radical (unpaired) electrons. The number of nitrogens with zero attached hydrogens (tertiary/aromatic N) is 3. The Morgan fingerprint density at radius 2 is 1.33 bits per heavy atom. The Hall–Kier alpha value is -0.450. The Labute approximate surface area is 140 Å². The second-order valence-corrected chi connectivity index (χ2v) is 6.26. The minimum Gasteiger partial charge on any atom is -0.480 e. The molecule has 0 heterocycles. The van der Waals surface area contributed by atoms with Crippen LogP contribution in [0.25, 0.3) is 0 Å². The lowest BCUT2D eigenvalue weighted by atomic mass is 10.3. The Kier molecular flexibility index (Phi) is 11.9. The third-order valence-corrected chi connectivity index (χ3v) is 3.41. The zero-order chi connectivity index (χ0) is 16.3. The van der Waals surface area contributed by atoms with Crippen molar-refractivity contribution in [2.75, 3.05) is 64.3 Å². The maximum atomic E-state index is 10.9. The van der Waals surface area contributed by atoms with Gasteiger partial charge in [0.1, 0.15) is 0 Å². The van der Waals surface area contributed by atoms with E-state index in [2.05, 4.69) is 22.6 Å². The number of hydrogen-bond donors (Lipinski definition) is 2. The standard InChI is InChI=1S/C13H26IN3O4/c1-15(2)8-9-17(11-13(20)21)6-3-5-16(7-4-14)10-12(18)19/h3-11H2,1-2H3,(H,18,19)(H,20,21). The molecule has 7 nitrogen and oxygen atoms in total. The van der Waals surface area contributed by atoms with Gasteiger partial charge in [0.25, 0.3) is 0 Å². The first kappa shape index (κ1) is 20.6. The van der Waals surface area contributed by atoms with Crippen LogP contribution in [0, 0.1) is 0 Å². The Bertz CT molecular complexity index is 316. The normalized spacial score (nSPS) is 11.5. The number of carboxylic acids is 2. The monoisotopic (exact) mass is 415 g/mol. The third-order valence-electron chi connectivity index (χ3n) is 2.93. The fraction of sp³-hybridized carbons (Fsp3) is 0.846. The molecule has 0 aromatic heterocycles. The zero-order valence-electron chi connectivity index (χ0n) is 12.8. The lowest BCUT2D eigenvalue weighted by molar-refractivity contribution is -0.139. The van der Waals surface area contributed by atoms with Crippen molar-refractivity contribution in [1.82, 2.24) is 14.7 Å². The van der Waals surface area contributed by atoms with Gasteiger partial charge < -0.3 is 15.1 Å². The van der Waals surface area contributed by atoms with E-state index in [-0.39, 0.29) is 13.1 Å². The van der Waals surface area contributed by atoms with Crippen LogP contribution < -0.4 is 0 Å². The summed E-state index contributed by atoms with van der Waals surface area (Å²) in [6, 6.07) is 0. The van der Waals surface area contributed by atoms with Crippen molar-refractivity contribution in [1.29, 1.82) is 0 Å². The van der Waals surface area contributed by atoms with E-state index in [1.165, 1.54) is 0 Å². The first-order chi connectivity index (χ1) is 9.85. The van der Waals surface area contributed by atoms with Crippen LogP contribution in [0.5, 0.6) is 0 Å². The van der Waals surface area contributed by atoms with Crippen LogP contribution >= 0.6 is 22.6 Å². The second-order valence-electron chi connectivity index (χ2n) is 5.19. The fourth-order valence-corrected chi connectivity index (χ4v) is 2.58. The fourth-order valence-electron chi connectivity index (χ4n) is 1.90. The molecule has 0 amide bonds. The third kappa shape index (κ3) is 13.0. The van der Waals surface area contributed by atoms with Crippen LogP contribution in [-0.2, 0) is 9.59 Å². The van der Waals surface area contributed by atoms with Crippen LogP contribution in [-0.4, -0.2) is 101 Å². The summed E-state index contributed by atoms with van der Waals surface area (Å²) >= 11 is 2.22. The van der Waals surface area contributed by atoms with E-state index < -0.39 is 11.9 Å². The lowest BCUT2D eigenvalue weighted by Gasteiger charge is -2.24. The lowest BCUT2D eigenvalue weighted by Crippen LogP contribution is -2.38. The molecule has 2 N–H and O–H groups in total. The Morgan fingerprint density at radius 1 is 0.857 bits per heavy atom. The highest BCUT2D eigenvalue weighted by Crippen LogP contribution is 1.98. The van der Waals surface area contributed by atoms with Crippen LogP contribution in [0.2, 0.25) is 0 Å². The predicted octanol–water partition coefficient (Wildman–Crippen LogP) is 0.146. The number of alkyl halides is 1. The van der Waals surface area contributed by atoms with Gasteiger partial charge in [0.05, 0.1) is 13.1 Å². The van der Waals surface area contributed by atoms with Crippen LogP contribution in [0.15, 0.2) is 0 Å². The van der Waals surface area contributed by atoms with Gasteiger partial charge in [0.15, 0.2) is 0 Å². The number of likely N-dealkylation sites (N-methyl/N-ethyl adjacent to an activating group) is 1. The van der Waals surface area contributed by atoms with Crippen LogP contribution in [0.1, 0.15) is 6.42 Å². The van der Waals surface area contributed by atoms with Gasteiger partial charge in [-0.15, -0.1) is 0 Å². The summed E-state index contributed by atoms with van der Waals surface area (Å²) in [6.07, 6.45) is 0.768. The number of carboxylic acid groups (broad SMARTS) is 2. The minimum atomic E-state index is -0.830. The molecule has 0 aliphatic rings. The highest BCUT2D eigenvalue weighted by Gasteiger charge is 2.12. The topological polar surface area (TPSA) is 84.3 Å². The van der Waals surface area contributed by atoms with E-state index in [1.54, 1.807) is 0 Å². The molecular formula is C13H26IN3O4. The predicted molar refractivity (Wildman–Crippen MR) is 90.2 cm³/mol. The molecule has 21 heavy (non-hydrogen) atoms. The van der Waals surface area contributed by atoms with Gasteiger partial charge in [0, 0.05) is 30.6 Å². The molecular weight excluding hydrogens is 389 g/mol. The van der Waals surface area contributed by atoms with Crippen molar-refractivity contribution in [3.63, 3.8) is 0 Å². The zero-order valence-corrected chi connectivity index (χ0v) is 15.0. The van der Waals surface area contributed by atoms with Gasteiger partial charge in [-0.1, -0.05) is 22.6 Å². The maximum Gasteiger partial charge on any atom is 0.317 e. The van der Waals surface area contributed by atoms with E-state index in [9.17, 15) is 9.59 Å². The van der Waals surface area contributed by atoms with Crippen molar-refractivity contribution < 1.29 is 19.8 Å². The van der Waals surface area contributed by atoms with Crippen LogP contribution in [0.4, 0.5) is 0 Å². The Morgan fingerprint density at radius 3 is 1.71 bits per heavy atom. The largest absolute Gasteiger partial charge is 0.480 e. The second kappa shape index (κ2) is 12.1. The molecule has 0 aliphatic carbocycles. The molecule has 0 unspecified atom stereocenters.